The number of hydrogen-bond acceptors (Lipinski definition) is 2. The van der Waals surface area contributed by atoms with Crippen LogP contribution in [0.15, 0.2) is 60.6 Å². The van der Waals surface area contributed by atoms with Crippen LogP contribution in [0.25, 0.3) is 11.8 Å². The summed E-state index contributed by atoms with van der Waals surface area (Å²) in [5.41, 5.74) is 6.60. The number of piperidine rings is 1. The van der Waals surface area contributed by atoms with Gasteiger partial charge in [-0.2, -0.15) is 0 Å². The lowest BCUT2D eigenvalue weighted by molar-refractivity contribution is 0.316. The predicted molar refractivity (Wildman–Crippen MR) is 124 cm³/mol. The molecule has 1 N–H and O–H groups in total. The molecule has 0 spiro atoms. The molecule has 2 aromatic carbocycles. The summed E-state index contributed by atoms with van der Waals surface area (Å²) in [4.78, 5) is 6.46. The van der Waals surface area contributed by atoms with Crippen LogP contribution in [0.2, 0.25) is 0 Å². The lowest BCUT2D eigenvalue weighted by Gasteiger charge is -2.36. The molecule has 2 heterocycles. The SMILES string of the molecule is CCc1cc(/C=C2\CCCN(C(C)c3ccc(F)cc3)C2=N)ccc1-n1cnc(C)c1. The van der Waals surface area contributed by atoms with Crippen LogP contribution in [0.3, 0.4) is 0 Å². The van der Waals surface area contributed by atoms with E-state index in [1.165, 1.54) is 17.7 Å². The maximum absolute atomic E-state index is 13.3. The minimum atomic E-state index is -0.230. The standard InChI is InChI=1S/C26H29FN4/c1-4-21-14-20(7-12-25(21)30-16-18(2)29-17-30)15-23-6-5-13-31(26(23)28)19(3)22-8-10-24(27)11-9-22/h7-12,14-17,19,28H,4-6,13H2,1-3H3/b23-15+,28-26?. The summed E-state index contributed by atoms with van der Waals surface area (Å²) in [5.74, 6) is 0.335. The number of imidazole rings is 1. The topological polar surface area (TPSA) is 44.9 Å². The average molecular weight is 417 g/mol. The van der Waals surface area contributed by atoms with Crippen LogP contribution in [0.4, 0.5) is 4.39 Å². The minimum absolute atomic E-state index is 0.0369. The zero-order valence-corrected chi connectivity index (χ0v) is 18.4. The first-order valence-corrected chi connectivity index (χ1v) is 10.9. The molecule has 1 aromatic heterocycles. The molecule has 0 aliphatic carbocycles. The molecule has 0 bridgehead atoms. The fourth-order valence-corrected chi connectivity index (χ4v) is 4.29. The molecule has 1 saturated heterocycles. The highest BCUT2D eigenvalue weighted by atomic mass is 19.1. The van der Waals surface area contributed by atoms with Crippen LogP contribution in [0.1, 0.15) is 55.1 Å². The Bertz CT molecular complexity index is 1110. The Morgan fingerprint density at radius 1 is 1.19 bits per heavy atom. The number of hydrogen-bond donors (Lipinski definition) is 1. The summed E-state index contributed by atoms with van der Waals surface area (Å²) in [7, 11) is 0. The zero-order chi connectivity index (χ0) is 22.0. The summed E-state index contributed by atoms with van der Waals surface area (Å²) in [5, 5.41) is 8.82. The third kappa shape index (κ3) is 4.46. The number of benzene rings is 2. The van der Waals surface area contributed by atoms with Crippen molar-refractivity contribution in [1.82, 2.24) is 14.5 Å². The Balaban J connectivity index is 1.59. The van der Waals surface area contributed by atoms with E-state index in [1.807, 2.05) is 31.6 Å². The molecule has 4 nitrogen and oxygen atoms in total. The molecular formula is C26H29FN4. The lowest BCUT2D eigenvalue weighted by Crippen LogP contribution is -2.38. The number of aromatic nitrogens is 2. The summed E-state index contributed by atoms with van der Waals surface area (Å²) in [6.07, 6.45) is 8.87. The number of nitrogens with one attached hydrogen (secondary N) is 1. The molecular weight excluding hydrogens is 387 g/mol. The van der Waals surface area contributed by atoms with Gasteiger partial charge in [0.25, 0.3) is 0 Å². The van der Waals surface area contributed by atoms with E-state index in [0.29, 0.717) is 5.84 Å². The van der Waals surface area contributed by atoms with Crippen molar-refractivity contribution in [2.24, 2.45) is 0 Å². The molecule has 0 amide bonds. The van der Waals surface area contributed by atoms with Gasteiger partial charge in [-0.1, -0.05) is 25.1 Å². The van der Waals surface area contributed by atoms with Crippen molar-refractivity contribution < 1.29 is 4.39 Å². The Morgan fingerprint density at radius 3 is 2.65 bits per heavy atom. The molecule has 31 heavy (non-hydrogen) atoms. The summed E-state index contributed by atoms with van der Waals surface area (Å²) < 4.78 is 15.4. The van der Waals surface area contributed by atoms with Gasteiger partial charge in [0, 0.05) is 18.4 Å². The third-order valence-electron chi connectivity index (χ3n) is 6.07. The molecule has 1 fully saturated rings. The molecule has 0 radical (unpaired) electrons. The first-order chi connectivity index (χ1) is 15.0. The Labute approximate surface area is 183 Å². The van der Waals surface area contributed by atoms with E-state index in [1.54, 1.807) is 0 Å². The van der Waals surface area contributed by atoms with E-state index >= 15 is 0 Å². The number of amidine groups is 1. The van der Waals surface area contributed by atoms with Crippen molar-refractivity contribution in [2.75, 3.05) is 6.54 Å². The highest BCUT2D eigenvalue weighted by molar-refractivity contribution is 6.00. The Kier molecular flexibility index (Phi) is 6.03. The van der Waals surface area contributed by atoms with Gasteiger partial charge in [0.05, 0.1) is 18.1 Å². The monoisotopic (exact) mass is 416 g/mol. The summed E-state index contributed by atoms with van der Waals surface area (Å²) in [6.45, 7) is 7.08. The van der Waals surface area contributed by atoms with Gasteiger partial charge >= 0.3 is 0 Å². The van der Waals surface area contributed by atoms with E-state index in [2.05, 4.69) is 52.6 Å². The van der Waals surface area contributed by atoms with E-state index in [4.69, 9.17) is 5.41 Å². The second-order valence-corrected chi connectivity index (χ2v) is 8.21. The summed E-state index contributed by atoms with van der Waals surface area (Å²) >= 11 is 0. The lowest BCUT2D eigenvalue weighted by atomic mass is 9.96. The van der Waals surface area contributed by atoms with Crippen molar-refractivity contribution in [1.29, 1.82) is 5.41 Å². The number of halogens is 1. The smallest absolute Gasteiger partial charge is 0.124 e. The molecule has 5 heteroatoms. The van der Waals surface area contributed by atoms with Gasteiger partial charge in [0.1, 0.15) is 11.7 Å². The van der Waals surface area contributed by atoms with Crippen LogP contribution in [0.5, 0.6) is 0 Å². The van der Waals surface area contributed by atoms with Crippen LogP contribution in [-0.2, 0) is 6.42 Å². The molecule has 4 rings (SSSR count). The maximum atomic E-state index is 13.3. The largest absolute Gasteiger partial charge is 0.350 e. The Morgan fingerprint density at radius 2 is 1.97 bits per heavy atom. The van der Waals surface area contributed by atoms with E-state index < -0.39 is 0 Å². The van der Waals surface area contributed by atoms with E-state index in [9.17, 15) is 4.39 Å². The van der Waals surface area contributed by atoms with Gasteiger partial charge in [-0.25, -0.2) is 9.37 Å². The van der Waals surface area contributed by atoms with Crippen molar-refractivity contribution in [2.45, 2.75) is 46.1 Å². The maximum Gasteiger partial charge on any atom is 0.124 e. The van der Waals surface area contributed by atoms with Crippen LogP contribution in [-0.4, -0.2) is 26.8 Å². The van der Waals surface area contributed by atoms with Crippen LogP contribution >= 0.6 is 0 Å². The Hall–Kier alpha value is -3.21. The third-order valence-corrected chi connectivity index (χ3v) is 6.07. The molecule has 0 saturated carbocycles. The molecule has 1 atom stereocenters. The van der Waals surface area contributed by atoms with Crippen LogP contribution in [0, 0.1) is 18.2 Å². The van der Waals surface area contributed by atoms with Crippen molar-refractivity contribution in [3.05, 3.63) is 88.8 Å². The first-order valence-electron chi connectivity index (χ1n) is 10.9. The van der Waals surface area contributed by atoms with Gasteiger partial charge < -0.3 is 9.47 Å². The highest BCUT2D eigenvalue weighted by Crippen LogP contribution is 2.29. The fraction of sp³-hybridized carbons (Fsp3) is 0.308. The number of likely N-dealkylation sites (tertiary alicyclic amines) is 1. The van der Waals surface area contributed by atoms with Gasteiger partial charge in [-0.05, 0) is 85.7 Å². The molecule has 3 aromatic rings. The van der Waals surface area contributed by atoms with Gasteiger partial charge in [-0.15, -0.1) is 0 Å². The average Bonchev–Trinajstić information content (AvgIpc) is 3.21. The number of aryl methyl sites for hydroxylation is 2. The molecule has 160 valence electrons. The first kappa shape index (κ1) is 21.0. The van der Waals surface area contributed by atoms with Gasteiger partial charge in [0.15, 0.2) is 0 Å². The van der Waals surface area contributed by atoms with Crippen LogP contribution < -0.4 is 0 Å². The normalized spacial score (nSPS) is 16.7. The number of rotatable bonds is 5. The van der Waals surface area contributed by atoms with Crippen molar-refractivity contribution in [3.63, 3.8) is 0 Å². The molecule has 1 aliphatic rings. The zero-order valence-electron chi connectivity index (χ0n) is 18.4. The minimum Gasteiger partial charge on any atom is -0.350 e. The second kappa shape index (κ2) is 8.88. The molecule has 1 unspecified atom stereocenters. The van der Waals surface area contributed by atoms with Crippen molar-refractivity contribution >= 4 is 11.9 Å². The fourth-order valence-electron chi connectivity index (χ4n) is 4.29. The highest BCUT2D eigenvalue weighted by Gasteiger charge is 2.25. The summed E-state index contributed by atoms with van der Waals surface area (Å²) in [6, 6.07) is 13.1. The van der Waals surface area contributed by atoms with E-state index in [0.717, 1.165) is 53.9 Å². The van der Waals surface area contributed by atoms with Crippen molar-refractivity contribution in [3.8, 4) is 5.69 Å². The van der Waals surface area contributed by atoms with E-state index in [-0.39, 0.29) is 11.9 Å². The quantitative estimate of drug-likeness (QED) is 0.546. The van der Waals surface area contributed by atoms with Gasteiger partial charge in [0.2, 0.25) is 0 Å². The van der Waals surface area contributed by atoms with Gasteiger partial charge in [-0.3, -0.25) is 5.41 Å². The predicted octanol–water partition coefficient (Wildman–Crippen LogP) is 6.10. The molecule has 1 aliphatic heterocycles. The number of nitrogens with zero attached hydrogens (tertiary/aromatic N) is 3. The second-order valence-electron chi connectivity index (χ2n) is 8.21.